The number of ether oxygens (including phenoxy) is 1. The Bertz CT molecular complexity index is 572. The normalized spacial score (nSPS) is 10.2. The number of carbonyl (C=O) groups excluding carboxylic acids is 1. The first-order chi connectivity index (χ1) is 7.24. The summed E-state index contributed by atoms with van der Waals surface area (Å²) in [7, 11) is 1.54. The van der Waals surface area contributed by atoms with Crippen molar-refractivity contribution < 1.29 is 9.53 Å². The molecule has 4 nitrogen and oxygen atoms in total. The molecular weight excluding hydrogens is 194 g/mol. The lowest BCUT2D eigenvalue weighted by Crippen LogP contribution is -2.08. The molecule has 0 atom stereocenters. The smallest absolute Gasteiger partial charge is 0.256 e. The minimum atomic E-state index is -0.284. The van der Waals surface area contributed by atoms with Crippen LogP contribution in [0.25, 0.3) is 10.8 Å². The van der Waals surface area contributed by atoms with Gasteiger partial charge in [0, 0.05) is 0 Å². The number of pyridine rings is 1. The fourth-order valence-electron chi connectivity index (χ4n) is 1.45. The molecule has 0 bridgehead atoms. The van der Waals surface area contributed by atoms with Crippen LogP contribution in [-0.4, -0.2) is 18.4 Å². The Kier molecular flexibility index (Phi) is 2.25. The van der Waals surface area contributed by atoms with E-state index >= 15 is 0 Å². The predicted molar refractivity (Wildman–Crippen MR) is 56.5 cm³/mol. The van der Waals surface area contributed by atoms with Gasteiger partial charge in [-0.1, -0.05) is 6.07 Å². The third-order valence-corrected chi connectivity index (χ3v) is 2.20. The average Bonchev–Trinajstić information content (AvgIpc) is 2.28. The summed E-state index contributed by atoms with van der Waals surface area (Å²) in [6, 6.07) is 6.76. The predicted octanol–water partition coefficient (Wildman–Crippen LogP) is 1.35. The number of aromatic amines is 1. The third-order valence-electron chi connectivity index (χ3n) is 2.20. The minimum absolute atomic E-state index is 0.276. The van der Waals surface area contributed by atoms with E-state index < -0.39 is 0 Å². The highest BCUT2D eigenvalue weighted by Crippen LogP contribution is 2.17. The largest absolute Gasteiger partial charge is 0.497 e. The van der Waals surface area contributed by atoms with Crippen LogP contribution in [-0.2, 0) is 0 Å². The summed E-state index contributed by atoms with van der Waals surface area (Å²) in [5, 5.41) is 1.24. The van der Waals surface area contributed by atoms with Gasteiger partial charge >= 0.3 is 0 Å². The summed E-state index contributed by atoms with van der Waals surface area (Å²) in [6.45, 7) is 0. The van der Waals surface area contributed by atoms with Gasteiger partial charge in [0.05, 0.1) is 18.2 Å². The van der Waals surface area contributed by atoms with E-state index in [2.05, 4.69) is 4.98 Å². The van der Waals surface area contributed by atoms with Gasteiger partial charge in [-0.2, -0.15) is 0 Å². The molecule has 1 N–H and O–H groups in total. The summed E-state index contributed by atoms with van der Waals surface area (Å²) in [6.07, 6.45) is 0.616. The molecule has 0 unspecified atom stereocenters. The maximum absolute atomic E-state index is 11.6. The molecule has 0 fully saturated rings. The van der Waals surface area contributed by atoms with Gasteiger partial charge in [-0.25, -0.2) is 0 Å². The number of rotatable bonds is 2. The van der Waals surface area contributed by atoms with Gasteiger partial charge in [0.25, 0.3) is 5.56 Å². The molecule has 0 aliphatic heterocycles. The van der Waals surface area contributed by atoms with Crippen molar-refractivity contribution in [3.05, 3.63) is 40.3 Å². The van der Waals surface area contributed by atoms with Gasteiger partial charge in [-0.15, -0.1) is 0 Å². The first-order valence-corrected chi connectivity index (χ1v) is 4.41. The molecule has 4 heteroatoms. The average molecular weight is 203 g/mol. The second kappa shape index (κ2) is 3.57. The zero-order valence-electron chi connectivity index (χ0n) is 8.11. The van der Waals surface area contributed by atoms with E-state index in [1.165, 1.54) is 7.11 Å². The number of H-pyrrole nitrogens is 1. The van der Waals surface area contributed by atoms with Crippen LogP contribution in [0.3, 0.4) is 0 Å². The molecule has 0 saturated heterocycles. The number of nitrogens with one attached hydrogen (secondary N) is 1. The maximum atomic E-state index is 11.6. The Balaban J connectivity index is 2.79. The van der Waals surface area contributed by atoms with Gasteiger partial charge in [0.1, 0.15) is 5.75 Å². The van der Waals surface area contributed by atoms with Crippen molar-refractivity contribution in [2.24, 2.45) is 0 Å². The molecule has 76 valence electrons. The van der Waals surface area contributed by atoms with E-state index in [-0.39, 0.29) is 11.3 Å². The molecule has 15 heavy (non-hydrogen) atoms. The van der Waals surface area contributed by atoms with E-state index in [0.29, 0.717) is 17.4 Å². The Labute approximate surface area is 85.5 Å². The molecule has 2 rings (SSSR count). The number of hydrogen-bond acceptors (Lipinski definition) is 3. The molecule has 0 radical (unpaired) electrons. The highest BCUT2D eigenvalue weighted by atomic mass is 16.5. The molecule has 0 aliphatic rings. The SMILES string of the molecule is COc1ccc2cc(C=O)[nH]c(=O)c2c1. The van der Waals surface area contributed by atoms with Gasteiger partial charge in [-0.05, 0) is 23.6 Å². The zero-order valence-corrected chi connectivity index (χ0v) is 8.11. The highest BCUT2D eigenvalue weighted by Gasteiger charge is 2.02. The quantitative estimate of drug-likeness (QED) is 0.749. The number of aldehydes is 1. The topological polar surface area (TPSA) is 59.2 Å². The summed E-state index contributed by atoms with van der Waals surface area (Å²) in [5.41, 5.74) is -0.00818. The van der Waals surface area contributed by atoms with E-state index in [0.717, 1.165) is 5.39 Å². The van der Waals surface area contributed by atoms with Crippen molar-refractivity contribution in [1.82, 2.24) is 4.98 Å². The van der Waals surface area contributed by atoms with Gasteiger partial charge < -0.3 is 9.72 Å². The fourth-order valence-corrected chi connectivity index (χ4v) is 1.45. The number of methoxy groups -OCH3 is 1. The summed E-state index contributed by atoms with van der Waals surface area (Å²) < 4.78 is 5.01. The minimum Gasteiger partial charge on any atom is -0.497 e. The van der Waals surface area contributed by atoms with Crippen molar-refractivity contribution in [3.63, 3.8) is 0 Å². The molecule has 1 aromatic heterocycles. The van der Waals surface area contributed by atoms with Crippen molar-refractivity contribution in [2.75, 3.05) is 7.11 Å². The highest BCUT2D eigenvalue weighted by molar-refractivity contribution is 5.87. The lowest BCUT2D eigenvalue weighted by Gasteiger charge is -2.02. The number of carbonyl (C=O) groups is 1. The Morgan fingerprint density at radius 2 is 2.13 bits per heavy atom. The molecule has 0 aliphatic carbocycles. The van der Waals surface area contributed by atoms with Crippen molar-refractivity contribution in [3.8, 4) is 5.75 Å². The van der Waals surface area contributed by atoms with Crippen LogP contribution < -0.4 is 10.3 Å². The van der Waals surface area contributed by atoms with Gasteiger partial charge in [-0.3, -0.25) is 9.59 Å². The zero-order chi connectivity index (χ0) is 10.8. The molecule has 0 saturated carbocycles. The number of fused-ring (bicyclic) bond motifs is 1. The molecule has 0 spiro atoms. The van der Waals surface area contributed by atoms with Crippen LogP contribution in [0.15, 0.2) is 29.1 Å². The van der Waals surface area contributed by atoms with Crippen LogP contribution >= 0.6 is 0 Å². The van der Waals surface area contributed by atoms with Crippen LogP contribution in [0.2, 0.25) is 0 Å². The second-order valence-electron chi connectivity index (χ2n) is 3.12. The van der Waals surface area contributed by atoms with Crippen molar-refractivity contribution >= 4 is 17.1 Å². The van der Waals surface area contributed by atoms with Crippen molar-refractivity contribution in [2.45, 2.75) is 0 Å². The summed E-state index contributed by atoms with van der Waals surface area (Å²) in [4.78, 5) is 24.6. The Morgan fingerprint density at radius 1 is 1.33 bits per heavy atom. The standard InChI is InChI=1S/C11H9NO3/c1-15-9-3-2-7-4-8(6-13)12-11(14)10(7)5-9/h2-6H,1H3,(H,12,14). The number of benzene rings is 1. The van der Waals surface area contributed by atoms with Crippen LogP contribution in [0, 0.1) is 0 Å². The van der Waals surface area contributed by atoms with E-state index in [1.54, 1.807) is 24.3 Å². The first kappa shape index (κ1) is 9.45. The lowest BCUT2D eigenvalue weighted by atomic mass is 10.1. The molecule has 0 amide bonds. The molecule has 1 aromatic carbocycles. The summed E-state index contributed by atoms with van der Waals surface area (Å²) in [5.74, 6) is 0.617. The van der Waals surface area contributed by atoms with E-state index in [9.17, 15) is 9.59 Å². The second-order valence-corrected chi connectivity index (χ2v) is 3.12. The number of hydrogen-bond donors (Lipinski definition) is 1. The molecule has 1 heterocycles. The fraction of sp³-hybridized carbons (Fsp3) is 0.0909. The number of aromatic nitrogens is 1. The lowest BCUT2D eigenvalue weighted by molar-refractivity contribution is 0.111. The summed E-state index contributed by atoms with van der Waals surface area (Å²) >= 11 is 0. The van der Waals surface area contributed by atoms with Gasteiger partial charge in [0.15, 0.2) is 6.29 Å². The first-order valence-electron chi connectivity index (χ1n) is 4.41. The molecular formula is C11H9NO3. The van der Waals surface area contributed by atoms with E-state index in [1.807, 2.05) is 0 Å². The van der Waals surface area contributed by atoms with Crippen LogP contribution in [0.4, 0.5) is 0 Å². The monoisotopic (exact) mass is 203 g/mol. The maximum Gasteiger partial charge on any atom is 0.256 e. The van der Waals surface area contributed by atoms with Gasteiger partial charge in [0.2, 0.25) is 0 Å². The van der Waals surface area contributed by atoms with E-state index in [4.69, 9.17) is 4.74 Å². The third kappa shape index (κ3) is 1.61. The van der Waals surface area contributed by atoms with Crippen LogP contribution in [0.1, 0.15) is 10.5 Å². The Morgan fingerprint density at radius 3 is 2.80 bits per heavy atom. The van der Waals surface area contributed by atoms with Crippen molar-refractivity contribution in [1.29, 1.82) is 0 Å². The Hall–Kier alpha value is -2.10. The molecule has 2 aromatic rings. The van der Waals surface area contributed by atoms with Crippen LogP contribution in [0.5, 0.6) is 5.75 Å².